The van der Waals surface area contributed by atoms with E-state index >= 15 is 0 Å². The number of hydrogen-bond acceptors (Lipinski definition) is 6. The summed E-state index contributed by atoms with van der Waals surface area (Å²) in [4.78, 5) is 20.4. The van der Waals surface area contributed by atoms with Gasteiger partial charge in [-0.1, -0.05) is 42.5 Å². The largest absolute Gasteiger partial charge is 0.491 e. The lowest BCUT2D eigenvalue weighted by molar-refractivity contribution is -0.130. The van der Waals surface area contributed by atoms with Gasteiger partial charge < -0.3 is 25.0 Å². The molecule has 7 heteroatoms. The maximum absolute atomic E-state index is 12.3. The zero-order chi connectivity index (χ0) is 21.6. The van der Waals surface area contributed by atoms with E-state index in [1.165, 1.54) is 0 Å². The molecule has 7 nitrogen and oxygen atoms in total. The van der Waals surface area contributed by atoms with Gasteiger partial charge in [0.05, 0.1) is 18.8 Å². The van der Waals surface area contributed by atoms with E-state index in [1.807, 2.05) is 54.4 Å². The van der Waals surface area contributed by atoms with Crippen LogP contribution in [0, 0.1) is 0 Å². The smallest absolute Gasteiger partial charge is 0.222 e. The molecule has 1 atom stereocenters. The number of hydrogen-bond donors (Lipinski definition) is 2. The average Bonchev–Trinajstić information content (AvgIpc) is 3.14. The van der Waals surface area contributed by atoms with E-state index in [9.17, 15) is 9.90 Å². The van der Waals surface area contributed by atoms with Crippen LogP contribution in [0.2, 0.25) is 0 Å². The number of unbranched alkanes of at least 4 members (excludes halogenated alkanes) is 2. The molecule has 31 heavy (non-hydrogen) atoms. The maximum atomic E-state index is 12.3. The topological polar surface area (TPSA) is 77.4 Å². The first-order valence-electron chi connectivity index (χ1n) is 10.9. The van der Waals surface area contributed by atoms with Crippen molar-refractivity contribution in [2.24, 2.45) is 4.99 Å². The summed E-state index contributed by atoms with van der Waals surface area (Å²) in [7, 11) is 1.86. The van der Waals surface area contributed by atoms with E-state index in [0.717, 1.165) is 41.8 Å². The van der Waals surface area contributed by atoms with E-state index in [2.05, 4.69) is 16.4 Å². The molecule has 1 unspecified atom stereocenters. The third-order valence-corrected chi connectivity index (χ3v) is 5.65. The van der Waals surface area contributed by atoms with Crippen LogP contribution in [0.4, 0.5) is 5.69 Å². The van der Waals surface area contributed by atoms with Gasteiger partial charge in [0.1, 0.15) is 5.75 Å². The van der Waals surface area contributed by atoms with Crippen LogP contribution in [-0.4, -0.2) is 53.2 Å². The van der Waals surface area contributed by atoms with Crippen molar-refractivity contribution in [3.8, 4) is 5.75 Å². The summed E-state index contributed by atoms with van der Waals surface area (Å²) in [5.74, 6) is 1.68. The molecule has 0 saturated heterocycles. The Bertz CT molecular complexity index is 932. The molecule has 0 saturated carbocycles. The maximum Gasteiger partial charge on any atom is 0.222 e. The van der Waals surface area contributed by atoms with Crippen LogP contribution in [0.1, 0.15) is 36.8 Å². The number of anilines is 1. The Morgan fingerprint density at radius 1 is 1.19 bits per heavy atom. The van der Waals surface area contributed by atoms with E-state index < -0.39 is 6.23 Å². The highest BCUT2D eigenvalue weighted by molar-refractivity contribution is 5.98. The summed E-state index contributed by atoms with van der Waals surface area (Å²) < 4.78 is 6.02. The number of fused-ring (bicyclic) bond motifs is 2. The number of amides is 1. The number of carbonyl (C=O) groups excluding carboxylic acids is 1. The Balaban J connectivity index is 1.18. The zero-order valence-corrected chi connectivity index (χ0v) is 18.0. The van der Waals surface area contributed by atoms with Crippen LogP contribution >= 0.6 is 0 Å². The number of aliphatic imine (C=N–C) groups is 1. The molecule has 0 radical (unpaired) electrons. The summed E-state index contributed by atoms with van der Waals surface area (Å²) in [6.07, 6.45) is 2.58. The number of nitrogens with zero attached hydrogens (tertiary/aromatic N) is 3. The first kappa shape index (κ1) is 21.2. The summed E-state index contributed by atoms with van der Waals surface area (Å²) in [6.45, 7) is 2.49. The number of rotatable bonds is 9. The summed E-state index contributed by atoms with van der Waals surface area (Å²) in [5.41, 5.74) is 3.22. The van der Waals surface area contributed by atoms with Gasteiger partial charge in [-0.15, -0.1) is 0 Å². The Morgan fingerprint density at radius 2 is 2.03 bits per heavy atom. The third kappa shape index (κ3) is 5.35. The summed E-state index contributed by atoms with van der Waals surface area (Å²) in [5, 5.41) is 13.0. The Labute approximate surface area is 183 Å². The molecule has 2 aromatic carbocycles. The SMILES string of the molecule is CN(Cc1ccccc1)C(=O)CCCCCOc1cccc2c1NC1=NC(O)CN1C2. The quantitative estimate of drug-likeness (QED) is 0.607. The molecular weight excluding hydrogens is 392 g/mol. The van der Waals surface area contributed by atoms with Crippen LogP contribution in [0.3, 0.4) is 0 Å². The molecule has 0 aromatic heterocycles. The van der Waals surface area contributed by atoms with Crippen LogP contribution in [-0.2, 0) is 17.9 Å². The minimum absolute atomic E-state index is 0.176. The highest BCUT2D eigenvalue weighted by Gasteiger charge is 2.29. The highest BCUT2D eigenvalue weighted by Crippen LogP contribution is 2.34. The third-order valence-electron chi connectivity index (χ3n) is 5.65. The van der Waals surface area contributed by atoms with Crippen molar-refractivity contribution in [3.05, 3.63) is 59.7 Å². The Kier molecular flexibility index (Phi) is 6.72. The van der Waals surface area contributed by atoms with Crippen molar-refractivity contribution < 1.29 is 14.6 Å². The van der Waals surface area contributed by atoms with Gasteiger partial charge in [0, 0.05) is 26.6 Å². The standard InChI is InChI=1S/C24H30N4O3/c1-27(15-18-9-4-2-5-10-18)22(30)13-6-3-7-14-31-20-12-8-11-19-16-28-17-21(29)25-24(28)26-23(19)20/h2,4-5,8-12,21,29H,3,6-7,13-17H2,1H3,(H,25,26). The summed E-state index contributed by atoms with van der Waals surface area (Å²) >= 11 is 0. The summed E-state index contributed by atoms with van der Waals surface area (Å²) in [6, 6.07) is 16.1. The number of para-hydroxylation sites is 1. The Morgan fingerprint density at radius 3 is 2.87 bits per heavy atom. The molecule has 2 aromatic rings. The molecule has 4 rings (SSSR count). The number of benzene rings is 2. The van der Waals surface area contributed by atoms with Gasteiger partial charge >= 0.3 is 0 Å². The molecule has 0 bridgehead atoms. The molecular formula is C24H30N4O3. The molecule has 2 aliphatic heterocycles. The predicted octanol–water partition coefficient (Wildman–Crippen LogP) is 3.20. The fourth-order valence-electron chi connectivity index (χ4n) is 3.96. The molecule has 0 fully saturated rings. The number of aliphatic hydroxyl groups excluding tert-OH is 1. The molecule has 2 aliphatic rings. The normalized spacial score (nSPS) is 16.8. The van der Waals surface area contributed by atoms with Crippen molar-refractivity contribution >= 4 is 17.6 Å². The molecule has 2 N–H and O–H groups in total. The van der Waals surface area contributed by atoms with E-state index in [0.29, 0.717) is 38.6 Å². The molecule has 0 aliphatic carbocycles. The van der Waals surface area contributed by atoms with Gasteiger partial charge in [0.15, 0.2) is 6.23 Å². The van der Waals surface area contributed by atoms with Gasteiger partial charge in [-0.05, 0) is 36.5 Å². The second-order valence-electron chi connectivity index (χ2n) is 8.12. The van der Waals surface area contributed by atoms with Crippen molar-refractivity contribution in [3.63, 3.8) is 0 Å². The molecule has 1 amide bonds. The van der Waals surface area contributed by atoms with Crippen LogP contribution in [0.15, 0.2) is 53.5 Å². The lowest BCUT2D eigenvalue weighted by atomic mass is 10.1. The van der Waals surface area contributed by atoms with Crippen molar-refractivity contribution in [1.29, 1.82) is 0 Å². The van der Waals surface area contributed by atoms with Crippen molar-refractivity contribution in [1.82, 2.24) is 9.80 Å². The second kappa shape index (κ2) is 9.83. The van der Waals surface area contributed by atoms with E-state index in [4.69, 9.17) is 4.74 Å². The minimum atomic E-state index is -0.671. The lowest BCUT2D eigenvalue weighted by Gasteiger charge is -2.29. The van der Waals surface area contributed by atoms with Crippen LogP contribution in [0.25, 0.3) is 0 Å². The number of carbonyl (C=O) groups is 1. The number of aliphatic hydroxyl groups is 1. The van der Waals surface area contributed by atoms with Crippen LogP contribution < -0.4 is 10.1 Å². The first-order chi connectivity index (χ1) is 15.1. The molecule has 164 valence electrons. The predicted molar refractivity (Wildman–Crippen MR) is 121 cm³/mol. The highest BCUT2D eigenvalue weighted by atomic mass is 16.5. The molecule has 0 spiro atoms. The zero-order valence-electron chi connectivity index (χ0n) is 18.0. The van der Waals surface area contributed by atoms with E-state index in [-0.39, 0.29) is 5.91 Å². The van der Waals surface area contributed by atoms with Gasteiger partial charge in [-0.2, -0.15) is 0 Å². The van der Waals surface area contributed by atoms with Crippen molar-refractivity contribution in [2.45, 2.75) is 45.0 Å². The van der Waals surface area contributed by atoms with E-state index in [1.54, 1.807) is 4.90 Å². The van der Waals surface area contributed by atoms with Gasteiger partial charge in [0.25, 0.3) is 0 Å². The van der Waals surface area contributed by atoms with Gasteiger partial charge in [-0.3, -0.25) is 4.79 Å². The number of ether oxygens (including phenoxy) is 1. The van der Waals surface area contributed by atoms with Gasteiger partial charge in [0.2, 0.25) is 11.9 Å². The lowest BCUT2D eigenvalue weighted by Crippen LogP contribution is -2.37. The fourth-order valence-corrected chi connectivity index (χ4v) is 3.96. The number of nitrogens with one attached hydrogen (secondary N) is 1. The number of guanidine groups is 1. The Hall–Kier alpha value is -3.06. The van der Waals surface area contributed by atoms with Gasteiger partial charge in [-0.25, -0.2) is 4.99 Å². The van der Waals surface area contributed by atoms with Crippen LogP contribution in [0.5, 0.6) is 5.75 Å². The average molecular weight is 423 g/mol. The first-order valence-corrected chi connectivity index (χ1v) is 10.9. The monoisotopic (exact) mass is 422 g/mol. The molecule has 2 heterocycles. The minimum Gasteiger partial charge on any atom is -0.491 e. The second-order valence-corrected chi connectivity index (χ2v) is 8.12. The fraction of sp³-hybridized carbons (Fsp3) is 0.417. The van der Waals surface area contributed by atoms with Crippen molar-refractivity contribution in [2.75, 3.05) is 25.5 Å².